The van der Waals surface area contributed by atoms with Gasteiger partial charge in [-0.25, -0.2) is 0 Å². The van der Waals surface area contributed by atoms with Crippen LogP contribution in [0.15, 0.2) is 0 Å². The molecular formula is C14H25NO3. The smallest absolute Gasteiger partial charge is 0.306 e. The Hall–Kier alpha value is -0.610. The molecule has 3 unspecified atom stereocenters. The van der Waals surface area contributed by atoms with Gasteiger partial charge in [-0.3, -0.25) is 4.79 Å². The van der Waals surface area contributed by atoms with Crippen molar-refractivity contribution in [1.29, 1.82) is 0 Å². The maximum absolute atomic E-state index is 11.8. The van der Waals surface area contributed by atoms with Crippen molar-refractivity contribution in [1.82, 2.24) is 5.32 Å². The lowest BCUT2D eigenvalue weighted by Crippen LogP contribution is -2.34. The maximum Gasteiger partial charge on any atom is 0.306 e. The van der Waals surface area contributed by atoms with Crippen LogP contribution in [-0.4, -0.2) is 38.9 Å². The summed E-state index contributed by atoms with van der Waals surface area (Å²) in [6.45, 7) is 6.42. The van der Waals surface area contributed by atoms with Crippen molar-refractivity contribution in [2.24, 2.45) is 17.8 Å². The van der Waals surface area contributed by atoms with E-state index in [-0.39, 0.29) is 5.97 Å². The minimum Gasteiger partial charge on any atom is -0.465 e. The van der Waals surface area contributed by atoms with Gasteiger partial charge in [0.2, 0.25) is 0 Å². The predicted molar refractivity (Wildman–Crippen MR) is 69.3 cm³/mol. The molecule has 0 spiro atoms. The average Bonchev–Trinajstić information content (AvgIpc) is 2.90. The van der Waals surface area contributed by atoms with Gasteiger partial charge in [-0.2, -0.15) is 0 Å². The molecule has 104 valence electrons. The fourth-order valence-electron chi connectivity index (χ4n) is 2.78. The SMILES string of the molecule is CC(CC(=O)OCC1CCOC1)C1CCCNC1. The van der Waals surface area contributed by atoms with Gasteiger partial charge in [0.05, 0.1) is 13.2 Å². The summed E-state index contributed by atoms with van der Waals surface area (Å²) in [5, 5.41) is 3.40. The second-order valence-corrected chi connectivity index (χ2v) is 5.70. The number of nitrogens with one attached hydrogen (secondary N) is 1. The quantitative estimate of drug-likeness (QED) is 0.758. The molecule has 4 heteroatoms. The molecule has 2 aliphatic rings. The van der Waals surface area contributed by atoms with Crippen LogP contribution >= 0.6 is 0 Å². The van der Waals surface area contributed by atoms with Crippen molar-refractivity contribution in [3.8, 4) is 0 Å². The highest BCUT2D eigenvalue weighted by molar-refractivity contribution is 5.69. The summed E-state index contributed by atoms with van der Waals surface area (Å²) in [6.07, 6.45) is 4.04. The van der Waals surface area contributed by atoms with Gasteiger partial charge in [-0.1, -0.05) is 6.92 Å². The molecule has 0 amide bonds. The van der Waals surface area contributed by atoms with Crippen LogP contribution in [0.1, 0.15) is 32.6 Å². The highest BCUT2D eigenvalue weighted by Crippen LogP contribution is 2.23. The van der Waals surface area contributed by atoms with Gasteiger partial charge < -0.3 is 14.8 Å². The molecule has 0 aliphatic carbocycles. The molecule has 2 saturated heterocycles. The fourth-order valence-corrected chi connectivity index (χ4v) is 2.78. The first-order chi connectivity index (χ1) is 8.75. The molecule has 0 aromatic heterocycles. The average molecular weight is 255 g/mol. The van der Waals surface area contributed by atoms with E-state index in [1.165, 1.54) is 12.8 Å². The molecule has 2 rings (SSSR count). The van der Waals surface area contributed by atoms with Crippen molar-refractivity contribution in [3.63, 3.8) is 0 Å². The summed E-state index contributed by atoms with van der Waals surface area (Å²) in [5.74, 6) is 1.42. The van der Waals surface area contributed by atoms with Gasteiger partial charge in [0.15, 0.2) is 0 Å². The number of hydrogen-bond acceptors (Lipinski definition) is 4. The largest absolute Gasteiger partial charge is 0.465 e. The Balaban J connectivity index is 1.62. The van der Waals surface area contributed by atoms with Gasteiger partial charge in [0.25, 0.3) is 0 Å². The van der Waals surface area contributed by atoms with Crippen molar-refractivity contribution < 1.29 is 14.3 Å². The highest BCUT2D eigenvalue weighted by atomic mass is 16.5. The Labute approximate surface area is 109 Å². The lowest BCUT2D eigenvalue weighted by Gasteiger charge is -2.27. The van der Waals surface area contributed by atoms with E-state index >= 15 is 0 Å². The Kier molecular flexibility index (Phi) is 5.45. The van der Waals surface area contributed by atoms with E-state index in [0.29, 0.717) is 30.8 Å². The first-order valence-corrected chi connectivity index (χ1v) is 7.20. The Morgan fingerprint density at radius 3 is 3.06 bits per heavy atom. The molecular weight excluding hydrogens is 230 g/mol. The van der Waals surface area contributed by atoms with Crippen LogP contribution in [0.4, 0.5) is 0 Å². The Morgan fingerprint density at radius 2 is 2.39 bits per heavy atom. The van der Waals surface area contributed by atoms with Crippen LogP contribution < -0.4 is 5.32 Å². The maximum atomic E-state index is 11.8. The number of piperidine rings is 1. The van der Waals surface area contributed by atoms with E-state index < -0.39 is 0 Å². The highest BCUT2D eigenvalue weighted by Gasteiger charge is 2.23. The number of rotatable bonds is 5. The van der Waals surface area contributed by atoms with Gasteiger partial charge in [0.1, 0.15) is 0 Å². The van der Waals surface area contributed by atoms with Crippen LogP contribution in [0.5, 0.6) is 0 Å². The third-order valence-corrected chi connectivity index (χ3v) is 4.13. The molecule has 3 atom stereocenters. The molecule has 1 N–H and O–H groups in total. The summed E-state index contributed by atoms with van der Waals surface area (Å²) in [6, 6.07) is 0. The summed E-state index contributed by atoms with van der Waals surface area (Å²) >= 11 is 0. The number of esters is 1. The lowest BCUT2D eigenvalue weighted by atomic mass is 9.85. The van der Waals surface area contributed by atoms with Crippen molar-refractivity contribution >= 4 is 5.97 Å². The zero-order valence-electron chi connectivity index (χ0n) is 11.3. The standard InChI is InChI=1S/C14H25NO3/c1-11(13-3-2-5-15-8-13)7-14(16)18-10-12-4-6-17-9-12/h11-13,15H,2-10H2,1H3. The minimum atomic E-state index is -0.0417. The molecule has 0 aromatic carbocycles. The van der Waals surface area contributed by atoms with Gasteiger partial charge in [-0.15, -0.1) is 0 Å². The monoisotopic (exact) mass is 255 g/mol. The van der Waals surface area contributed by atoms with E-state index in [1.807, 2.05) is 0 Å². The second-order valence-electron chi connectivity index (χ2n) is 5.70. The molecule has 2 heterocycles. The van der Waals surface area contributed by atoms with Gasteiger partial charge >= 0.3 is 5.97 Å². The predicted octanol–water partition coefficient (Wildman–Crippen LogP) is 1.59. The molecule has 2 fully saturated rings. The first kappa shape index (κ1) is 13.8. The summed E-state index contributed by atoms with van der Waals surface area (Å²) in [7, 11) is 0. The summed E-state index contributed by atoms with van der Waals surface area (Å²) < 4.78 is 10.6. The van der Waals surface area contributed by atoms with Crippen molar-refractivity contribution in [3.05, 3.63) is 0 Å². The zero-order valence-corrected chi connectivity index (χ0v) is 11.3. The third-order valence-electron chi connectivity index (χ3n) is 4.13. The van der Waals surface area contributed by atoms with Gasteiger partial charge in [0, 0.05) is 18.9 Å². The molecule has 4 nitrogen and oxygen atoms in total. The summed E-state index contributed by atoms with van der Waals surface area (Å²) in [5.41, 5.74) is 0. The molecule has 0 aromatic rings. The number of carbonyl (C=O) groups excluding carboxylic acids is 1. The normalized spacial score (nSPS) is 30.1. The van der Waals surface area contributed by atoms with Crippen LogP contribution in [0.25, 0.3) is 0 Å². The van der Waals surface area contributed by atoms with E-state index in [1.54, 1.807) is 0 Å². The Bertz CT molecular complexity index is 258. The Morgan fingerprint density at radius 1 is 1.50 bits per heavy atom. The molecule has 2 aliphatic heterocycles. The van der Waals surface area contributed by atoms with Crippen LogP contribution in [0, 0.1) is 17.8 Å². The number of ether oxygens (including phenoxy) is 2. The first-order valence-electron chi connectivity index (χ1n) is 7.20. The van der Waals surface area contributed by atoms with Crippen LogP contribution in [0.2, 0.25) is 0 Å². The van der Waals surface area contributed by atoms with Crippen molar-refractivity contribution in [2.45, 2.75) is 32.6 Å². The summed E-state index contributed by atoms with van der Waals surface area (Å²) in [4.78, 5) is 11.8. The van der Waals surface area contributed by atoms with E-state index in [0.717, 1.165) is 32.7 Å². The second kappa shape index (κ2) is 7.10. The van der Waals surface area contributed by atoms with Crippen molar-refractivity contribution in [2.75, 3.05) is 32.9 Å². The van der Waals surface area contributed by atoms with E-state index in [2.05, 4.69) is 12.2 Å². The topological polar surface area (TPSA) is 47.6 Å². The van der Waals surface area contributed by atoms with Gasteiger partial charge in [-0.05, 0) is 44.2 Å². The zero-order chi connectivity index (χ0) is 12.8. The molecule has 0 radical (unpaired) electrons. The molecule has 0 saturated carbocycles. The number of carbonyl (C=O) groups is 1. The molecule has 0 bridgehead atoms. The third kappa shape index (κ3) is 4.25. The lowest BCUT2D eigenvalue weighted by molar-refractivity contribution is -0.146. The van der Waals surface area contributed by atoms with Crippen LogP contribution in [0.3, 0.4) is 0 Å². The van der Waals surface area contributed by atoms with E-state index in [4.69, 9.17) is 9.47 Å². The number of hydrogen-bond donors (Lipinski definition) is 1. The van der Waals surface area contributed by atoms with E-state index in [9.17, 15) is 4.79 Å². The van der Waals surface area contributed by atoms with Crippen LogP contribution in [-0.2, 0) is 14.3 Å². The molecule has 18 heavy (non-hydrogen) atoms. The fraction of sp³-hybridized carbons (Fsp3) is 0.929. The minimum absolute atomic E-state index is 0.0417.